The molecule has 4 aromatic rings. The summed E-state index contributed by atoms with van der Waals surface area (Å²) in [7, 11) is 0. The molecule has 4 aromatic carbocycles. The molecule has 0 N–H and O–H groups in total. The Hall–Kier alpha value is -2.67. The van der Waals surface area contributed by atoms with Gasteiger partial charge in [0.2, 0.25) is 9.04 Å². The summed E-state index contributed by atoms with van der Waals surface area (Å²) in [6.45, 7) is 0.562. The second kappa shape index (κ2) is 18.9. The highest BCUT2D eigenvalue weighted by atomic mass is 35.5. The summed E-state index contributed by atoms with van der Waals surface area (Å²) >= 11 is 23.2. The predicted molar refractivity (Wildman–Crippen MR) is 193 cm³/mol. The van der Waals surface area contributed by atoms with Crippen LogP contribution in [0, 0.1) is 19.1 Å². The van der Waals surface area contributed by atoms with Crippen molar-refractivity contribution in [2.75, 3.05) is 0 Å². The van der Waals surface area contributed by atoms with Gasteiger partial charge in [0.1, 0.15) is 11.6 Å². The van der Waals surface area contributed by atoms with E-state index in [0.717, 1.165) is 29.3 Å². The van der Waals surface area contributed by atoms with Crippen LogP contribution < -0.4 is 0 Å². The van der Waals surface area contributed by atoms with Gasteiger partial charge in [-0.05, 0) is 58.7 Å². The Morgan fingerprint density at radius 1 is 0.431 bits per heavy atom. The predicted octanol–water partition coefficient (Wildman–Crippen LogP) is 13.4. The van der Waals surface area contributed by atoms with Crippen molar-refractivity contribution in [2.24, 2.45) is 0 Å². The van der Waals surface area contributed by atoms with Crippen LogP contribution in [0.1, 0.15) is 74.2 Å². The number of fused-ring (bicyclic) bond motifs is 4. The van der Waals surface area contributed by atoms with Crippen molar-refractivity contribution in [2.45, 2.75) is 77.4 Å². The highest BCUT2D eigenvalue weighted by Gasteiger charge is 2.41. The standard InChI is InChI=1S/C8H5Cl2FO.C8H6Cl2O.C8H5F3O.C8H6F2O.4CH4.CH3/c9-8(10)7-2-1-6(11)3-5(7)4-12-8;9-8(10)7-4-2-1-3-6(7)5-11-8;9-6-1-2-7-5(3-6)4-12-8(7,10)11;9-8(10)7-4-2-1-3-6(7)5-11-8;;;;;/h1-3H,4H2;1-4H,5H2;1-3H,4H2;1-4H,5H2;4*1H4;1H3/q;;;;;;;;+1. The summed E-state index contributed by atoms with van der Waals surface area (Å²) in [5, 5.41) is 0. The zero-order valence-electron chi connectivity index (χ0n) is 24.3. The van der Waals surface area contributed by atoms with E-state index in [0.29, 0.717) is 23.3 Å². The summed E-state index contributed by atoms with van der Waals surface area (Å²) in [6.07, 6.45) is -6.32. The fourth-order valence-corrected chi connectivity index (χ4v) is 5.73. The number of alkyl halides is 8. The van der Waals surface area contributed by atoms with Gasteiger partial charge in [-0.15, -0.1) is 0 Å². The van der Waals surface area contributed by atoms with Gasteiger partial charge in [-0.2, -0.15) is 17.6 Å². The Labute approximate surface area is 316 Å². The van der Waals surface area contributed by atoms with Crippen molar-refractivity contribution in [3.05, 3.63) is 148 Å². The first-order chi connectivity index (χ1) is 21.6. The molecule has 0 aromatic heterocycles. The van der Waals surface area contributed by atoms with Gasteiger partial charge in [-0.3, -0.25) is 0 Å². The van der Waals surface area contributed by atoms with Crippen molar-refractivity contribution < 1.29 is 45.3 Å². The Kier molecular flexibility index (Phi) is 17.9. The van der Waals surface area contributed by atoms with E-state index in [1.165, 1.54) is 24.3 Å². The summed E-state index contributed by atoms with van der Waals surface area (Å²) < 4.78 is 92.2. The van der Waals surface area contributed by atoms with Crippen LogP contribution in [-0.2, 0) is 66.6 Å². The minimum Gasteiger partial charge on any atom is -0.338 e. The Balaban J connectivity index is 0.000000633. The van der Waals surface area contributed by atoms with Gasteiger partial charge < -0.3 is 18.9 Å². The maximum Gasteiger partial charge on any atom is 0.383 e. The molecule has 4 aliphatic heterocycles. The Bertz CT molecular complexity index is 1600. The fourth-order valence-electron chi connectivity index (χ4n) is 4.78. The molecule has 14 heteroatoms. The molecule has 51 heavy (non-hydrogen) atoms. The first-order valence-corrected chi connectivity index (χ1v) is 14.9. The fraction of sp³-hybridized carbons (Fsp3) is 0.324. The van der Waals surface area contributed by atoms with E-state index in [1.54, 1.807) is 18.2 Å². The Morgan fingerprint density at radius 2 is 0.745 bits per heavy atom. The lowest BCUT2D eigenvalue weighted by atomic mass is 10.1. The third-order valence-corrected chi connectivity index (χ3v) is 8.31. The first-order valence-electron chi connectivity index (χ1n) is 13.4. The lowest BCUT2D eigenvalue weighted by Gasteiger charge is -2.11. The molecule has 4 aliphatic rings. The average Bonchev–Trinajstić information content (AvgIpc) is 3.70. The molecule has 0 aliphatic carbocycles. The van der Waals surface area contributed by atoms with Gasteiger partial charge in [0.15, 0.2) is 0 Å². The zero-order chi connectivity index (χ0) is 33.3. The lowest BCUT2D eigenvalue weighted by Crippen LogP contribution is -2.09. The average molecular weight is 806 g/mol. The van der Waals surface area contributed by atoms with Crippen LogP contribution in [0.25, 0.3) is 0 Å². The molecule has 0 atom stereocenters. The Morgan fingerprint density at radius 3 is 1.22 bits per heavy atom. The molecule has 4 heterocycles. The number of rotatable bonds is 0. The molecular formula is C37H41Cl4F6O4+. The van der Waals surface area contributed by atoms with Crippen molar-refractivity contribution in [3.63, 3.8) is 0 Å². The molecule has 0 saturated heterocycles. The summed E-state index contributed by atoms with van der Waals surface area (Å²) in [6, 6.07) is 21.4. The van der Waals surface area contributed by atoms with Crippen LogP contribution in [0.5, 0.6) is 0 Å². The second-order valence-corrected chi connectivity index (χ2v) is 12.7. The number of benzene rings is 4. The molecule has 0 saturated carbocycles. The number of hydrogen-bond donors (Lipinski definition) is 0. The van der Waals surface area contributed by atoms with Gasteiger partial charge in [-0.1, -0.05) is 125 Å². The molecule has 4 nitrogen and oxygen atoms in total. The topological polar surface area (TPSA) is 36.9 Å². The van der Waals surface area contributed by atoms with Crippen LogP contribution in [0.4, 0.5) is 26.3 Å². The number of ether oxygens (including phenoxy) is 4. The van der Waals surface area contributed by atoms with Gasteiger partial charge in [0.25, 0.3) is 0 Å². The van der Waals surface area contributed by atoms with Gasteiger partial charge in [-0.25, -0.2) is 8.78 Å². The van der Waals surface area contributed by atoms with Gasteiger partial charge in [0, 0.05) is 18.6 Å². The van der Waals surface area contributed by atoms with Gasteiger partial charge in [0.05, 0.1) is 37.6 Å². The lowest BCUT2D eigenvalue weighted by molar-refractivity contribution is -0.239. The van der Waals surface area contributed by atoms with E-state index in [2.05, 4.69) is 9.47 Å². The molecule has 282 valence electrons. The van der Waals surface area contributed by atoms with E-state index in [1.807, 2.05) is 24.3 Å². The summed E-state index contributed by atoms with van der Waals surface area (Å²) in [4.78, 5) is 0. The van der Waals surface area contributed by atoms with Crippen LogP contribution in [0.15, 0.2) is 84.9 Å². The quantitative estimate of drug-likeness (QED) is 0.101. The second-order valence-electron chi connectivity index (χ2n) is 10.1. The maximum absolute atomic E-state index is 12.7. The molecule has 0 spiro atoms. The maximum atomic E-state index is 12.7. The third-order valence-electron chi connectivity index (χ3n) is 7.06. The van der Waals surface area contributed by atoms with Crippen molar-refractivity contribution in [3.8, 4) is 0 Å². The van der Waals surface area contributed by atoms with Crippen LogP contribution in [0.3, 0.4) is 0 Å². The molecule has 0 unspecified atom stereocenters. The van der Waals surface area contributed by atoms with E-state index >= 15 is 0 Å². The zero-order valence-corrected chi connectivity index (χ0v) is 27.3. The SMILES string of the molecule is C.C.C.C.ClC1(Cl)OCc2ccccc21.FC1(F)OCc2ccccc21.Fc1ccc2c(c1)COC2(Cl)Cl.Fc1ccc2c(c1)COC2(F)F.[CH3+]. The smallest absolute Gasteiger partial charge is 0.338 e. The summed E-state index contributed by atoms with van der Waals surface area (Å²) in [5.74, 6) is -0.821. The highest BCUT2D eigenvalue weighted by Crippen LogP contribution is 2.44. The van der Waals surface area contributed by atoms with E-state index in [4.69, 9.17) is 55.9 Å². The molecule has 0 bridgehead atoms. The number of halogens is 10. The number of hydrogen-bond acceptors (Lipinski definition) is 4. The largest absolute Gasteiger partial charge is 0.383 e. The monoisotopic (exact) mass is 803 g/mol. The minimum absolute atomic E-state index is 0. The van der Waals surface area contributed by atoms with Crippen LogP contribution in [-0.4, -0.2) is 0 Å². The van der Waals surface area contributed by atoms with E-state index in [-0.39, 0.29) is 79.5 Å². The first kappa shape index (κ1) is 48.3. The van der Waals surface area contributed by atoms with E-state index in [9.17, 15) is 26.3 Å². The van der Waals surface area contributed by atoms with Crippen LogP contribution >= 0.6 is 46.4 Å². The molecule has 0 radical (unpaired) electrons. The van der Waals surface area contributed by atoms with E-state index < -0.39 is 27.1 Å². The molecule has 8 rings (SSSR count). The van der Waals surface area contributed by atoms with Crippen LogP contribution in [0.2, 0.25) is 0 Å². The molecular weight excluding hydrogens is 764 g/mol. The van der Waals surface area contributed by atoms with Crippen molar-refractivity contribution in [1.29, 1.82) is 0 Å². The normalized spacial score (nSPS) is 17.6. The van der Waals surface area contributed by atoms with Crippen molar-refractivity contribution in [1.82, 2.24) is 0 Å². The van der Waals surface area contributed by atoms with Crippen molar-refractivity contribution >= 4 is 46.4 Å². The highest BCUT2D eigenvalue weighted by molar-refractivity contribution is 6.47. The minimum atomic E-state index is -3.25. The molecule has 0 amide bonds. The molecule has 0 fully saturated rings. The summed E-state index contributed by atoms with van der Waals surface area (Å²) in [5.41, 5.74) is 3.84. The van der Waals surface area contributed by atoms with Gasteiger partial charge >= 0.3 is 12.2 Å². The third kappa shape index (κ3) is 11.2.